The van der Waals surface area contributed by atoms with Gasteiger partial charge in [0.2, 0.25) is 5.91 Å². The first kappa shape index (κ1) is 26.1. The fourth-order valence-electron chi connectivity index (χ4n) is 3.20. The summed E-state index contributed by atoms with van der Waals surface area (Å²) in [5.74, 6) is -0.383. The van der Waals surface area contributed by atoms with E-state index in [9.17, 15) is 13.2 Å². The Labute approximate surface area is 199 Å². The van der Waals surface area contributed by atoms with E-state index in [2.05, 4.69) is 23.7 Å². The molecular formula is C22H28ClN3O4S2. The number of rotatable bonds is 10. The topological polar surface area (TPSA) is 79.8 Å². The molecule has 1 amide bonds. The van der Waals surface area contributed by atoms with Crippen LogP contribution < -0.4 is 9.64 Å². The van der Waals surface area contributed by atoms with Gasteiger partial charge in [0.1, 0.15) is 11.5 Å². The summed E-state index contributed by atoms with van der Waals surface area (Å²) in [5, 5.41) is 0.490. The number of aromatic nitrogens is 1. The zero-order chi connectivity index (χ0) is 22.4. The summed E-state index contributed by atoms with van der Waals surface area (Å²) in [5.41, 5.74) is 0.743. The number of amides is 1. The largest absolute Gasteiger partial charge is 0.497 e. The van der Waals surface area contributed by atoms with Crippen LogP contribution in [0.2, 0.25) is 0 Å². The van der Waals surface area contributed by atoms with E-state index in [4.69, 9.17) is 4.74 Å². The third-order valence-electron chi connectivity index (χ3n) is 5.07. The highest BCUT2D eigenvalue weighted by Crippen LogP contribution is 2.31. The lowest BCUT2D eigenvalue weighted by Crippen LogP contribution is -2.41. The molecule has 0 atom stereocenters. The molecule has 1 aromatic heterocycles. The number of hydrogen-bond donors (Lipinski definition) is 0. The summed E-state index contributed by atoms with van der Waals surface area (Å²) in [6, 6.07) is 13.6. The van der Waals surface area contributed by atoms with Crippen molar-refractivity contribution < 1.29 is 17.9 Å². The van der Waals surface area contributed by atoms with Crippen LogP contribution in [0, 0.1) is 0 Å². The van der Waals surface area contributed by atoms with Gasteiger partial charge in [-0.2, -0.15) is 0 Å². The van der Waals surface area contributed by atoms with Crippen molar-refractivity contribution in [3.8, 4) is 5.75 Å². The molecule has 174 valence electrons. The van der Waals surface area contributed by atoms with E-state index in [1.165, 1.54) is 28.4 Å². The van der Waals surface area contributed by atoms with Gasteiger partial charge in [-0.25, -0.2) is 13.4 Å². The maximum atomic E-state index is 13.2. The van der Waals surface area contributed by atoms with Gasteiger partial charge < -0.3 is 9.64 Å². The van der Waals surface area contributed by atoms with Crippen molar-refractivity contribution in [2.75, 3.05) is 43.9 Å². The SMILES string of the molecule is CCN(CC)CCN(C(=O)CS(=O)(=O)c1ccccc1)c1nc2ccc(OC)cc2s1.Cl. The highest BCUT2D eigenvalue weighted by molar-refractivity contribution is 7.92. The van der Waals surface area contributed by atoms with Crippen molar-refractivity contribution in [1.29, 1.82) is 0 Å². The van der Waals surface area contributed by atoms with Crippen molar-refractivity contribution in [2.45, 2.75) is 18.7 Å². The number of methoxy groups -OCH3 is 1. The molecule has 1 heterocycles. The number of benzene rings is 2. The van der Waals surface area contributed by atoms with Crippen LogP contribution in [0.25, 0.3) is 10.2 Å². The minimum Gasteiger partial charge on any atom is -0.497 e. The quantitative estimate of drug-likeness (QED) is 0.423. The lowest BCUT2D eigenvalue weighted by molar-refractivity contribution is -0.116. The monoisotopic (exact) mass is 497 g/mol. The molecule has 0 unspecified atom stereocenters. The highest BCUT2D eigenvalue weighted by Gasteiger charge is 2.26. The summed E-state index contributed by atoms with van der Waals surface area (Å²) < 4.78 is 31.7. The van der Waals surface area contributed by atoms with Gasteiger partial charge >= 0.3 is 0 Å². The Hall–Kier alpha value is -2.20. The van der Waals surface area contributed by atoms with Crippen molar-refractivity contribution in [3.05, 3.63) is 48.5 Å². The molecule has 0 saturated heterocycles. The van der Waals surface area contributed by atoms with Crippen LogP contribution >= 0.6 is 23.7 Å². The van der Waals surface area contributed by atoms with E-state index in [-0.39, 0.29) is 17.3 Å². The van der Waals surface area contributed by atoms with Crippen LogP contribution in [0.4, 0.5) is 5.13 Å². The minimum absolute atomic E-state index is 0. The average Bonchev–Trinajstić information content (AvgIpc) is 3.19. The van der Waals surface area contributed by atoms with Crippen LogP contribution in [0.5, 0.6) is 5.75 Å². The lowest BCUT2D eigenvalue weighted by Gasteiger charge is -2.24. The number of nitrogens with zero attached hydrogens (tertiary/aromatic N) is 3. The molecule has 0 saturated carbocycles. The molecule has 3 aromatic rings. The first-order valence-electron chi connectivity index (χ1n) is 10.1. The molecule has 0 aliphatic heterocycles. The van der Waals surface area contributed by atoms with Crippen LogP contribution in [0.1, 0.15) is 13.8 Å². The van der Waals surface area contributed by atoms with Gasteiger partial charge in [0, 0.05) is 13.1 Å². The van der Waals surface area contributed by atoms with Gasteiger partial charge in [0.15, 0.2) is 15.0 Å². The Morgan fingerprint density at radius 3 is 2.38 bits per heavy atom. The van der Waals surface area contributed by atoms with Crippen molar-refractivity contribution in [3.63, 3.8) is 0 Å². The number of carbonyl (C=O) groups excluding carboxylic acids is 1. The summed E-state index contributed by atoms with van der Waals surface area (Å²) in [6.07, 6.45) is 0. The third kappa shape index (κ3) is 6.19. The Kier molecular flexibility index (Phi) is 9.45. The van der Waals surface area contributed by atoms with Gasteiger partial charge in [-0.1, -0.05) is 43.4 Å². The van der Waals surface area contributed by atoms with Crippen LogP contribution in [0.15, 0.2) is 53.4 Å². The maximum Gasteiger partial charge on any atom is 0.244 e. The smallest absolute Gasteiger partial charge is 0.244 e. The molecule has 0 aliphatic carbocycles. The van der Waals surface area contributed by atoms with Gasteiger partial charge in [0.25, 0.3) is 0 Å². The molecule has 0 radical (unpaired) electrons. The number of carbonyl (C=O) groups is 1. The summed E-state index contributed by atoms with van der Waals surface area (Å²) >= 11 is 1.35. The fourth-order valence-corrected chi connectivity index (χ4v) is 5.45. The number of sulfone groups is 1. The van der Waals surface area contributed by atoms with E-state index in [1.54, 1.807) is 25.3 Å². The first-order valence-corrected chi connectivity index (χ1v) is 12.6. The van der Waals surface area contributed by atoms with Crippen LogP contribution in [-0.2, 0) is 14.6 Å². The molecule has 32 heavy (non-hydrogen) atoms. The molecule has 0 bridgehead atoms. The zero-order valence-electron chi connectivity index (χ0n) is 18.4. The van der Waals surface area contributed by atoms with E-state index in [0.717, 1.165) is 23.3 Å². The molecular weight excluding hydrogens is 470 g/mol. The predicted octanol–water partition coefficient (Wildman–Crippen LogP) is 3.88. The molecule has 0 N–H and O–H groups in total. The van der Waals surface area contributed by atoms with E-state index in [1.807, 2.05) is 18.2 Å². The summed E-state index contributed by atoms with van der Waals surface area (Å²) in [7, 11) is -2.16. The second-order valence-electron chi connectivity index (χ2n) is 6.97. The van der Waals surface area contributed by atoms with Gasteiger partial charge in [-0.05, 0) is 43.4 Å². The average molecular weight is 498 g/mol. The molecule has 0 fully saturated rings. The Morgan fingerprint density at radius 1 is 1.06 bits per heavy atom. The number of anilines is 1. The van der Waals surface area contributed by atoms with E-state index >= 15 is 0 Å². The minimum atomic E-state index is -3.75. The Bertz CT molecular complexity index is 1130. The van der Waals surface area contributed by atoms with E-state index < -0.39 is 21.5 Å². The predicted molar refractivity (Wildman–Crippen MR) is 132 cm³/mol. The molecule has 2 aromatic carbocycles. The van der Waals surface area contributed by atoms with Crippen LogP contribution in [-0.4, -0.2) is 63.3 Å². The normalized spacial score (nSPS) is 11.4. The van der Waals surface area contributed by atoms with Gasteiger partial charge in [-0.3, -0.25) is 9.69 Å². The Morgan fingerprint density at radius 2 is 1.75 bits per heavy atom. The number of thiazole rings is 1. The van der Waals surface area contributed by atoms with Crippen LogP contribution in [0.3, 0.4) is 0 Å². The molecule has 0 aliphatic rings. The summed E-state index contributed by atoms with van der Waals surface area (Å²) in [6.45, 7) is 6.79. The van der Waals surface area contributed by atoms with Gasteiger partial charge in [-0.15, -0.1) is 12.4 Å². The molecule has 3 rings (SSSR count). The lowest BCUT2D eigenvalue weighted by atomic mass is 10.3. The number of fused-ring (bicyclic) bond motifs is 1. The second kappa shape index (κ2) is 11.6. The summed E-state index contributed by atoms with van der Waals surface area (Å²) in [4.78, 5) is 21.6. The zero-order valence-corrected chi connectivity index (χ0v) is 20.8. The number of hydrogen-bond acceptors (Lipinski definition) is 7. The van der Waals surface area contributed by atoms with Crippen molar-refractivity contribution >= 4 is 54.8 Å². The molecule has 7 nitrogen and oxygen atoms in total. The standard InChI is InChI=1S/C22H27N3O4S2.ClH/c1-4-24(5-2)13-14-25(21(26)16-31(27,28)18-9-7-6-8-10-18)22-23-19-12-11-17(29-3)15-20(19)30-22;/h6-12,15H,4-5,13-14,16H2,1-3H3;1H. The second-order valence-corrected chi connectivity index (χ2v) is 9.97. The Balaban J connectivity index is 0.00000363. The first-order chi connectivity index (χ1) is 14.9. The molecule has 10 heteroatoms. The number of likely N-dealkylation sites (N-methyl/N-ethyl adjacent to an activating group) is 1. The number of ether oxygens (including phenoxy) is 1. The van der Waals surface area contributed by atoms with E-state index in [0.29, 0.717) is 24.0 Å². The third-order valence-corrected chi connectivity index (χ3v) is 7.72. The fraction of sp³-hybridized carbons (Fsp3) is 0.364. The highest BCUT2D eigenvalue weighted by atomic mass is 35.5. The van der Waals surface area contributed by atoms with Crippen molar-refractivity contribution in [2.24, 2.45) is 0 Å². The van der Waals surface area contributed by atoms with Gasteiger partial charge in [0.05, 0.1) is 22.2 Å². The van der Waals surface area contributed by atoms with Crippen molar-refractivity contribution in [1.82, 2.24) is 9.88 Å². The molecule has 0 spiro atoms. The number of halogens is 1. The maximum absolute atomic E-state index is 13.2.